The fourth-order valence-corrected chi connectivity index (χ4v) is 2.88. The van der Waals surface area contributed by atoms with Gasteiger partial charge < -0.3 is 10.1 Å². The fraction of sp³-hybridized carbons (Fsp3) is 0.615. The largest absolute Gasteiger partial charge is 0.381 e. The monoisotopic (exact) mass is 252 g/mol. The lowest BCUT2D eigenvalue weighted by Gasteiger charge is -2.21. The van der Waals surface area contributed by atoms with E-state index in [0.29, 0.717) is 11.3 Å². The highest BCUT2D eigenvalue weighted by molar-refractivity contribution is 7.99. The summed E-state index contributed by atoms with van der Waals surface area (Å²) < 4.78 is 5.36. The highest BCUT2D eigenvalue weighted by Crippen LogP contribution is 2.28. The van der Waals surface area contributed by atoms with Crippen molar-refractivity contribution in [3.8, 4) is 0 Å². The Bertz CT molecular complexity index is 336. The van der Waals surface area contributed by atoms with Crippen molar-refractivity contribution in [2.45, 2.75) is 36.1 Å². The molecule has 0 amide bonds. The highest BCUT2D eigenvalue weighted by atomic mass is 32.2. The Labute approximate surface area is 107 Å². The molecular weight excluding hydrogens is 232 g/mol. The summed E-state index contributed by atoms with van der Waals surface area (Å²) in [4.78, 5) is 4.52. The van der Waals surface area contributed by atoms with Gasteiger partial charge in [-0.25, -0.2) is 4.98 Å². The lowest BCUT2D eigenvalue weighted by Crippen LogP contribution is -2.17. The SMILES string of the molecule is CNC(C)c1ccc(SC2CCOCC2)nc1. The van der Waals surface area contributed by atoms with E-state index in [1.54, 1.807) is 0 Å². The van der Waals surface area contributed by atoms with Gasteiger partial charge in [-0.1, -0.05) is 6.07 Å². The Balaban J connectivity index is 1.93. The summed E-state index contributed by atoms with van der Waals surface area (Å²) in [5.74, 6) is 0. The van der Waals surface area contributed by atoms with Crippen LogP contribution in [-0.2, 0) is 4.74 Å². The summed E-state index contributed by atoms with van der Waals surface area (Å²) in [6.07, 6.45) is 4.25. The van der Waals surface area contributed by atoms with Crippen molar-refractivity contribution in [2.24, 2.45) is 0 Å². The Hall–Kier alpha value is -0.580. The van der Waals surface area contributed by atoms with Crippen LogP contribution in [0.4, 0.5) is 0 Å². The second-order valence-corrected chi connectivity index (χ2v) is 5.69. The molecule has 1 aliphatic rings. The molecule has 1 atom stereocenters. The van der Waals surface area contributed by atoms with E-state index in [2.05, 4.69) is 29.4 Å². The molecule has 3 nitrogen and oxygen atoms in total. The molecule has 0 saturated carbocycles. The van der Waals surface area contributed by atoms with Gasteiger partial charge in [0.05, 0.1) is 5.03 Å². The molecule has 2 heterocycles. The summed E-state index contributed by atoms with van der Waals surface area (Å²) in [5, 5.41) is 5.02. The molecule has 1 aromatic heterocycles. The van der Waals surface area contributed by atoms with Crippen molar-refractivity contribution in [1.29, 1.82) is 0 Å². The fourth-order valence-electron chi connectivity index (χ4n) is 1.85. The molecular formula is C13H20N2OS. The first-order chi connectivity index (χ1) is 8.29. The lowest BCUT2D eigenvalue weighted by molar-refractivity contribution is 0.1000. The maximum Gasteiger partial charge on any atom is 0.0962 e. The molecule has 1 saturated heterocycles. The zero-order chi connectivity index (χ0) is 12.1. The van der Waals surface area contributed by atoms with E-state index in [0.717, 1.165) is 31.1 Å². The third-order valence-corrected chi connectivity index (χ3v) is 4.44. The van der Waals surface area contributed by atoms with Crippen LogP contribution in [0.3, 0.4) is 0 Å². The van der Waals surface area contributed by atoms with Crippen molar-refractivity contribution >= 4 is 11.8 Å². The number of hydrogen-bond acceptors (Lipinski definition) is 4. The van der Waals surface area contributed by atoms with E-state index in [9.17, 15) is 0 Å². The van der Waals surface area contributed by atoms with Gasteiger partial charge in [0, 0.05) is 30.7 Å². The van der Waals surface area contributed by atoms with E-state index in [1.807, 2.05) is 25.0 Å². The number of thioether (sulfide) groups is 1. The number of nitrogens with one attached hydrogen (secondary N) is 1. The van der Waals surface area contributed by atoms with Crippen molar-refractivity contribution in [3.63, 3.8) is 0 Å². The Morgan fingerprint density at radius 1 is 1.41 bits per heavy atom. The minimum atomic E-state index is 0.365. The topological polar surface area (TPSA) is 34.1 Å². The van der Waals surface area contributed by atoms with E-state index >= 15 is 0 Å². The highest BCUT2D eigenvalue weighted by Gasteiger charge is 2.15. The summed E-state index contributed by atoms with van der Waals surface area (Å²) in [6, 6.07) is 4.66. The van der Waals surface area contributed by atoms with Gasteiger partial charge in [0.15, 0.2) is 0 Å². The van der Waals surface area contributed by atoms with Crippen LogP contribution in [-0.4, -0.2) is 30.5 Å². The van der Waals surface area contributed by atoms with Gasteiger partial charge in [0.25, 0.3) is 0 Å². The van der Waals surface area contributed by atoms with Gasteiger partial charge in [-0.2, -0.15) is 0 Å². The molecule has 0 radical (unpaired) electrons. The van der Waals surface area contributed by atoms with Gasteiger partial charge in [-0.05, 0) is 38.4 Å². The van der Waals surface area contributed by atoms with Crippen LogP contribution in [0.15, 0.2) is 23.4 Å². The second kappa shape index (κ2) is 6.38. The Kier molecular flexibility index (Phi) is 4.83. The number of pyridine rings is 1. The summed E-state index contributed by atoms with van der Waals surface area (Å²) in [5.41, 5.74) is 1.24. The minimum Gasteiger partial charge on any atom is -0.381 e. The molecule has 0 bridgehead atoms. The molecule has 94 valence electrons. The number of aromatic nitrogens is 1. The van der Waals surface area contributed by atoms with Crippen LogP contribution in [0.1, 0.15) is 31.4 Å². The van der Waals surface area contributed by atoms with E-state index in [4.69, 9.17) is 4.74 Å². The lowest BCUT2D eigenvalue weighted by atomic mass is 10.1. The molecule has 1 N–H and O–H groups in total. The van der Waals surface area contributed by atoms with Crippen molar-refractivity contribution in [2.75, 3.05) is 20.3 Å². The molecule has 2 rings (SSSR count). The van der Waals surface area contributed by atoms with E-state index in [-0.39, 0.29) is 0 Å². The maximum atomic E-state index is 5.36. The standard InChI is InChI=1S/C13H20N2OS/c1-10(14-2)11-3-4-13(15-9-11)17-12-5-7-16-8-6-12/h3-4,9-10,12,14H,5-8H2,1-2H3. The van der Waals surface area contributed by atoms with Gasteiger partial charge in [-0.15, -0.1) is 11.8 Å². The number of nitrogens with zero attached hydrogens (tertiary/aromatic N) is 1. The molecule has 0 aromatic carbocycles. The predicted molar refractivity (Wildman–Crippen MR) is 71.4 cm³/mol. The zero-order valence-electron chi connectivity index (χ0n) is 10.5. The molecule has 0 spiro atoms. The van der Waals surface area contributed by atoms with Crippen molar-refractivity contribution < 1.29 is 4.74 Å². The third-order valence-electron chi connectivity index (χ3n) is 3.15. The van der Waals surface area contributed by atoms with Crippen LogP contribution in [0.5, 0.6) is 0 Å². The first-order valence-corrected chi connectivity index (χ1v) is 7.05. The number of hydrogen-bond donors (Lipinski definition) is 1. The number of rotatable bonds is 4. The Morgan fingerprint density at radius 2 is 2.18 bits per heavy atom. The third kappa shape index (κ3) is 3.69. The Morgan fingerprint density at radius 3 is 2.76 bits per heavy atom. The van der Waals surface area contributed by atoms with Crippen molar-refractivity contribution in [3.05, 3.63) is 23.9 Å². The molecule has 1 unspecified atom stereocenters. The first kappa shape index (κ1) is 12.9. The molecule has 1 aromatic rings. The van der Waals surface area contributed by atoms with Crippen LogP contribution < -0.4 is 5.32 Å². The number of ether oxygens (including phenoxy) is 1. The average molecular weight is 252 g/mol. The van der Waals surface area contributed by atoms with Crippen LogP contribution in [0, 0.1) is 0 Å². The smallest absolute Gasteiger partial charge is 0.0962 e. The predicted octanol–water partition coefficient (Wildman–Crippen LogP) is 2.63. The van der Waals surface area contributed by atoms with E-state index < -0.39 is 0 Å². The summed E-state index contributed by atoms with van der Waals surface area (Å²) in [7, 11) is 1.97. The van der Waals surface area contributed by atoms with Gasteiger partial charge >= 0.3 is 0 Å². The quantitative estimate of drug-likeness (QED) is 0.893. The second-order valence-electron chi connectivity index (χ2n) is 4.37. The summed E-state index contributed by atoms with van der Waals surface area (Å²) in [6.45, 7) is 3.93. The van der Waals surface area contributed by atoms with Crippen molar-refractivity contribution in [1.82, 2.24) is 10.3 Å². The summed E-state index contributed by atoms with van der Waals surface area (Å²) >= 11 is 1.88. The normalized spacial score (nSPS) is 19.2. The minimum absolute atomic E-state index is 0.365. The van der Waals surface area contributed by atoms with Gasteiger partial charge in [-0.3, -0.25) is 0 Å². The molecule has 1 fully saturated rings. The van der Waals surface area contributed by atoms with Crippen LogP contribution >= 0.6 is 11.8 Å². The molecule has 1 aliphatic heterocycles. The molecule has 17 heavy (non-hydrogen) atoms. The van der Waals surface area contributed by atoms with Crippen LogP contribution in [0.2, 0.25) is 0 Å². The first-order valence-electron chi connectivity index (χ1n) is 6.17. The van der Waals surface area contributed by atoms with Crippen LogP contribution in [0.25, 0.3) is 0 Å². The van der Waals surface area contributed by atoms with Gasteiger partial charge in [0.2, 0.25) is 0 Å². The zero-order valence-corrected chi connectivity index (χ0v) is 11.3. The van der Waals surface area contributed by atoms with Gasteiger partial charge in [0.1, 0.15) is 0 Å². The maximum absolute atomic E-state index is 5.36. The average Bonchev–Trinajstić information content (AvgIpc) is 2.40. The molecule has 0 aliphatic carbocycles. The molecule has 4 heteroatoms. The van der Waals surface area contributed by atoms with E-state index in [1.165, 1.54) is 5.56 Å².